The average Bonchev–Trinajstić information content (AvgIpc) is 2.60. The lowest BCUT2D eigenvalue weighted by Crippen LogP contribution is -2.25. The van der Waals surface area contributed by atoms with E-state index in [1.165, 1.54) is 12.1 Å². The summed E-state index contributed by atoms with van der Waals surface area (Å²) in [6.45, 7) is 0.156. The highest BCUT2D eigenvalue weighted by Gasteiger charge is 2.08. The number of ether oxygens (including phenoxy) is 1. The molecule has 0 radical (unpaired) electrons. The maximum atomic E-state index is 12.1. The first-order valence-electron chi connectivity index (χ1n) is 7.67. The van der Waals surface area contributed by atoms with Gasteiger partial charge in [0.2, 0.25) is 10.0 Å². The number of benzene rings is 2. The van der Waals surface area contributed by atoms with E-state index >= 15 is 0 Å². The normalized spacial score (nSPS) is 11.0. The van der Waals surface area contributed by atoms with Crippen LogP contribution in [0.2, 0.25) is 0 Å². The van der Waals surface area contributed by atoms with Crippen molar-refractivity contribution in [3.8, 4) is 5.75 Å². The summed E-state index contributed by atoms with van der Waals surface area (Å²) in [5, 5.41) is 7.80. The Kier molecular flexibility index (Phi) is 6.31. The van der Waals surface area contributed by atoms with Gasteiger partial charge in [-0.05, 0) is 48.4 Å². The average molecular weight is 377 g/mol. The van der Waals surface area contributed by atoms with Gasteiger partial charge in [-0.1, -0.05) is 12.1 Å². The largest absolute Gasteiger partial charge is 0.484 e. The molecule has 0 aliphatic rings. The quantitative estimate of drug-likeness (QED) is 0.601. The molecule has 0 aliphatic heterocycles. The van der Waals surface area contributed by atoms with Gasteiger partial charge in [0.15, 0.2) is 6.61 Å². The number of amides is 2. The zero-order valence-corrected chi connectivity index (χ0v) is 14.7. The van der Waals surface area contributed by atoms with Crippen LogP contribution >= 0.6 is 0 Å². The third-order valence-electron chi connectivity index (χ3n) is 3.45. The van der Waals surface area contributed by atoms with Crippen molar-refractivity contribution in [2.24, 2.45) is 10.9 Å². The van der Waals surface area contributed by atoms with Crippen molar-refractivity contribution in [3.05, 3.63) is 59.7 Å². The molecule has 138 valence electrons. The second-order valence-corrected chi connectivity index (χ2v) is 7.04. The van der Waals surface area contributed by atoms with Gasteiger partial charge in [0, 0.05) is 12.1 Å². The SMILES string of the molecule is NC(=O)COc1ccc(C(=O)NCCc2ccc(S(N)(=O)=O)cc2)cc1. The summed E-state index contributed by atoms with van der Waals surface area (Å²) >= 11 is 0. The molecule has 0 atom stereocenters. The van der Waals surface area contributed by atoms with Crippen molar-refractivity contribution in [2.45, 2.75) is 11.3 Å². The smallest absolute Gasteiger partial charge is 0.255 e. The third kappa shape index (κ3) is 5.87. The molecular formula is C17H19N3O5S. The Balaban J connectivity index is 1.84. The van der Waals surface area contributed by atoms with Crippen LogP contribution in [0, 0.1) is 0 Å². The van der Waals surface area contributed by atoms with E-state index in [9.17, 15) is 18.0 Å². The molecule has 0 saturated heterocycles. The van der Waals surface area contributed by atoms with Crippen LogP contribution < -0.4 is 20.9 Å². The number of primary sulfonamides is 1. The first kappa shape index (κ1) is 19.4. The summed E-state index contributed by atoms with van der Waals surface area (Å²) in [5.41, 5.74) is 6.30. The topological polar surface area (TPSA) is 142 Å². The van der Waals surface area contributed by atoms with Crippen molar-refractivity contribution in [1.82, 2.24) is 5.32 Å². The highest BCUT2D eigenvalue weighted by molar-refractivity contribution is 7.89. The van der Waals surface area contributed by atoms with E-state index in [-0.39, 0.29) is 17.4 Å². The van der Waals surface area contributed by atoms with Gasteiger partial charge in [-0.3, -0.25) is 9.59 Å². The molecule has 0 fully saturated rings. The predicted octanol–water partition coefficient (Wildman–Crippen LogP) is 0.171. The minimum Gasteiger partial charge on any atom is -0.484 e. The highest BCUT2D eigenvalue weighted by Crippen LogP contribution is 2.12. The monoisotopic (exact) mass is 377 g/mol. The Morgan fingerprint density at radius 1 is 1.00 bits per heavy atom. The zero-order chi connectivity index (χ0) is 19.2. The zero-order valence-electron chi connectivity index (χ0n) is 13.8. The van der Waals surface area contributed by atoms with Crippen LogP contribution in [0.15, 0.2) is 53.4 Å². The van der Waals surface area contributed by atoms with Gasteiger partial charge in [0.25, 0.3) is 11.8 Å². The summed E-state index contributed by atoms with van der Waals surface area (Å²) in [6.07, 6.45) is 0.538. The fourth-order valence-corrected chi connectivity index (χ4v) is 2.64. The van der Waals surface area contributed by atoms with Gasteiger partial charge in [-0.25, -0.2) is 13.6 Å². The summed E-state index contributed by atoms with van der Waals surface area (Å²) in [5.74, 6) is -0.396. The molecule has 0 unspecified atom stereocenters. The maximum Gasteiger partial charge on any atom is 0.255 e. The van der Waals surface area contributed by atoms with Crippen LogP contribution in [-0.2, 0) is 21.2 Å². The number of nitrogens with two attached hydrogens (primary N) is 2. The summed E-state index contributed by atoms with van der Waals surface area (Å²) in [4.78, 5) is 22.8. The lowest BCUT2D eigenvalue weighted by Gasteiger charge is -2.07. The van der Waals surface area contributed by atoms with Crippen LogP contribution in [0.4, 0.5) is 0 Å². The molecule has 9 heteroatoms. The predicted molar refractivity (Wildman–Crippen MR) is 95.0 cm³/mol. The molecule has 0 heterocycles. The van der Waals surface area contributed by atoms with Gasteiger partial charge in [-0.15, -0.1) is 0 Å². The van der Waals surface area contributed by atoms with Gasteiger partial charge < -0.3 is 15.8 Å². The Morgan fingerprint density at radius 3 is 2.15 bits per heavy atom. The molecule has 0 aliphatic carbocycles. The molecular weight excluding hydrogens is 358 g/mol. The van der Waals surface area contributed by atoms with Crippen LogP contribution in [0.5, 0.6) is 5.75 Å². The maximum absolute atomic E-state index is 12.1. The van der Waals surface area contributed by atoms with Crippen LogP contribution in [-0.4, -0.2) is 33.4 Å². The molecule has 26 heavy (non-hydrogen) atoms. The van der Waals surface area contributed by atoms with Crippen molar-refractivity contribution < 1.29 is 22.7 Å². The molecule has 0 saturated carbocycles. The van der Waals surface area contributed by atoms with Gasteiger partial charge in [-0.2, -0.15) is 0 Å². The van der Waals surface area contributed by atoms with Gasteiger partial charge >= 0.3 is 0 Å². The molecule has 2 rings (SSSR count). The number of hydrogen-bond acceptors (Lipinski definition) is 5. The van der Waals surface area contributed by atoms with Crippen molar-refractivity contribution >= 4 is 21.8 Å². The number of carbonyl (C=O) groups is 2. The number of hydrogen-bond donors (Lipinski definition) is 3. The molecule has 5 N–H and O–H groups in total. The fourth-order valence-electron chi connectivity index (χ4n) is 2.13. The Bertz CT molecular complexity index is 878. The molecule has 2 aromatic carbocycles. The first-order valence-corrected chi connectivity index (χ1v) is 9.21. The lowest BCUT2D eigenvalue weighted by atomic mass is 10.1. The fraction of sp³-hybridized carbons (Fsp3) is 0.176. The molecule has 2 amide bonds. The standard InChI is InChI=1S/C17H19N3O5S/c18-16(21)11-25-14-5-3-13(4-6-14)17(22)20-10-9-12-1-7-15(8-2-12)26(19,23)24/h1-8H,9-11H2,(H2,18,21)(H,20,22)(H2,19,23,24). The molecule has 2 aromatic rings. The van der Waals surface area contributed by atoms with E-state index in [1.807, 2.05) is 0 Å². The van der Waals surface area contributed by atoms with E-state index < -0.39 is 15.9 Å². The molecule has 0 bridgehead atoms. The van der Waals surface area contributed by atoms with Crippen LogP contribution in [0.1, 0.15) is 15.9 Å². The molecule has 8 nitrogen and oxygen atoms in total. The summed E-state index contributed by atoms with van der Waals surface area (Å²) in [6, 6.07) is 12.5. The number of carbonyl (C=O) groups excluding carboxylic acids is 2. The van der Waals surface area contributed by atoms with Crippen molar-refractivity contribution in [1.29, 1.82) is 0 Å². The Labute approximate surface area is 151 Å². The van der Waals surface area contributed by atoms with Crippen LogP contribution in [0.25, 0.3) is 0 Å². The minimum atomic E-state index is -3.71. The summed E-state index contributed by atoms with van der Waals surface area (Å²) < 4.78 is 27.5. The van der Waals surface area contributed by atoms with E-state index in [0.717, 1.165) is 5.56 Å². The van der Waals surface area contributed by atoms with E-state index in [1.54, 1.807) is 36.4 Å². The van der Waals surface area contributed by atoms with Crippen molar-refractivity contribution in [2.75, 3.05) is 13.2 Å². The minimum absolute atomic E-state index is 0.0453. The summed E-state index contributed by atoms with van der Waals surface area (Å²) in [7, 11) is -3.71. The van der Waals surface area contributed by atoms with E-state index in [0.29, 0.717) is 24.3 Å². The Morgan fingerprint density at radius 2 is 1.62 bits per heavy atom. The third-order valence-corrected chi connectivity index (χ3v) is 4.38. The second kappa shape index (κ2) is 8.45. The number of rotatable bonds is 8. The first-order chi connectivity index (χ1) is 12.3. The number of nitrogens with one attached hydrogen (secondary N) is 1. The molecule has 0 spiro atoms. The Hall–Kier alpha value is -2.91. The lowest BCUT2D eigenvalue weighted by molar-refractivity contribution is -0.119. The van der Waals surface area contributed by atoms with Crippen LogP contribution in [0.3, 0.4) is 0 Å². The van der Waals surface area contributed by atoms with Gasteiger partial charge in [0.1, 0.15) is 5.75 Å². The van der Waals surface area contributed by atoms with E-state index in [4.69, 9.17) is 15.6 Å². The number of sulfonamides is 1. The highest BCUT2D eigenvalue weighted by atomic mass is 32.2. The molecule has 0 aromatic heterocycles. The number of primary amides is 1. The van der Waals surface area contributed by atoms with Gasteiger partial charge in [0.05, 0.1) is 4.90 Å². The second-order valence-electron chi connectivity index (χ2n) is 5.47. The van der Waals surface area contributed by atoms with E-state index in [2.05, 4.69) is 5.32 Å². The van der Waals surface area contributed by atoms with Crippen molar-refractivity contribution in [3.63, 3.8) is 0 Å².